The average molecular weight is 531 g/mol. The van der Waals surface area contributed by atoms with E-state index < -0.39 is 5.97 Å². The Morgan fingerprint density at radius 1 is 1.03 bits per heavy atom. The van der Waals surface area contributed by atoms with E-state index >= 15 is 0 Å². The third-order valence-corrected chi connectivity index (χ3v) is 5.46. The first-order valence-electron chi connectivity index (χ1n) is 8.95. The normalized spacial score (nSPS) is 14.6. The molecular weight excluding hydrogens is 517 g/mol. The topological polar surface area (TPSA) is 47.9 Å². The number of hydrogen-bond acceptors (Lipinski definition) is 4. The molecule has 0 saturated carbocycles. The summed E-state index contributed by atoms with van der Waals surface area (Å²) in [6.45, 7) is 0.0349. The van der Waals surface area contributed by atoms with Crippen molar-refractivity contribution < 1.29 is 18.8 Å². The highest BCUT2D eigenvalue weighted by Crippen LogP contribution is 2.36. The van der Waals surface area contributed by atoms with Crippen LogP contribution >= 0.6 is 31.9 Å². The molecule has 0 aromatic heterocycles. The quantitative estimate of drug-likeness (QED) is 0.288. The van der Waals surface area contributed by atoms with Gasteiger partial charge in [0.05, 0.1) is 10.0 Å². The van der Waals surface area contributed by atoms with Gasteiger partial charge >= 0.3 is 5.97 Å². The van der Waals surface area contributed by atoms with Crippen LogP contribution in [-0.2, 0) is 16.2 Å². The van der Waals surface area contributed by atoms with E-state index in [0.29, 0.717) is 32.6 Å². The van der Waals surface area contributed by atoms with Crippen molar-refractivity contribution in [3.8, 4) is 5.75 Å². The van der Waals surface area contributed by atoms with Crippen LogP contribution in [0.4, 0.5) is 4.39 Å². The molecule has 30 heavy (non-hydrogen) atoms. The Hall–Kier alpha value is -2.77. The first kappa shape index (κ1) is 20.5. The van der Waals surface area contributed by atoms with Crippen molar-refractivity contribution >= 4 is 49.6 Å². The van der Waals surface area contributed by atoms with Crippen LogP contribution in [0.2, 0.25) is 0 Å². The third kappa shape index (κ3) is 4.37. The highest BCUT2D eigenvalue weighted by Gasteiger charge is 2.27. The predicted molar refractivity (Wildman–Crippen MR) is 120 cm³/mol. The number of ether oxygens (including phenoxy) is 1. The zero-order valence-corrected chi connectivity index (χ0v) is 18.6. The number of halogens is 3. The van der Waals surface area contributed by atoms with E-state index in [9.17, 15) is 9.18 Å². The summed E-state index contributed by atoms with van der Waals surface area (Å²) in [4.78, 5) is 17.3. The van der Waals surface area contributed by atoms with Gasteiger partial charge in [-0.2, -0.15) is 0 Å². The summed E-state index contributed by atoms with van der Waals surface area (Å²) in [7, 11) is 0. The Morgan fingerprint density at radius 2 is 1.77 bits per heavy atom. The summed E-state index contributed by atoms with van der Waals surface area (Å²) in [6, 6.07) is 19.3. The maximum Gasteiger partial charge on any atom is 0.368 e. The van der Waals surface area contributed by atoms with Gasteiger partial charge in [-0.1, -0.05) is 69.6 Å². The second-order valence-electron chi connectivity index (χ2n) is 6.43. The Bertz CT molecular complexity index is 1180. The number of carbonyl (C=O) groups is 1. The molecule has 4 rings (SSSR count). The first-order chi connectivity index (χ1) is 14.5. The fourth-order valence-electron chi connectivity index (χ4n) is 2.97. The number of carbonyl (C=O) groups excluding carboxylic acids is 1. The predicted octanol–water partition coefficient (Wildman–Crippen LogP) is 6.27. The molecule has 3 aromatic carbocycles. The summed E-state index contributed by atoms with van der Waals surface area (Å²) in [5.41, 5.74) is 2.55. The van der Waals surface area contributed by atoms with Crippen molar-refractivity contribution in [1.82, 2.24) is 0 Å². The van der Waals surface area contributed by atoms with Crippen LogP contribution in [0.1, 0.15) is 16.7 Å². The van der Waals surface area contributed by atoms with Crippen LogP contribution in [0.25, 0.3) is 6.08 Å². The van der Waals surface area contributed by atoms with E-state index in [1.807, 2.05) is 42.5 Å². The highest BCUT2D eigenvalue weighted by molar-refractivity contribution is 9.11. The van der Waals surface area contributed by atoms with E-state index in [4.69, 9.17) is 9.57 Å². The largest absolute Gasteiger partial charge is 0.487 e. The standard InChI is InChI=1S/C23H14Br2FNO3/c24-17-10-16(11-18-21(27-30-23(18)28)14-6-2-1-3-7-14)22(19(25)12-17)29-13-15-8-4-5-9-20(15)26/h1-12H,13H2/b18-11-. The molecule has 150 valence electrons. The Balaban J connectivity index is 1.72. The van der Waals surface area contributed by atoms with Gasteiger partial charge < -0.3 is 9.57 Å². The van der Waals surface area contributed by atoms with Gasteiger partial charge in [-0.05, 0) is 40.2 Å². The zero-order valence-electron chi connectivity index (χ0n) is 15.4. The molecule has 1 aliphatic heterocycles. The van der Waals surface area contributed by atoms with Gasteiger partial charge in [0.15, 0.2) is 0 Å². The third-order valence-electron chi connectivity index (χ3n) is 4.41. The Labute approximate surface area is 189 Å². The molecule has 4 nitrogen and oxygen atoms in total. The molecule has 0 N–H and O–H groups in total. The van der Waals surface area contributed by atoms with Gasteiger partial charge in [-0.3, -0.25) is 0 Å². The van der Waals surface area contributed by atoms with Crippen molar-refractivity contribution in [3.05, 3.63) is 104 Å². The molecule has 0 bridgehead atoms. The maximum absolute atomic E-state index is 14.0. The lowest BCUT2D eigenvalue weighted by molar-refractivity contribution is -0.136. The molecule has 0 radical (unpaired) electrons. The van der Waals surface area contributed by atoms with Gasteiger partial charge in [0, 0.05) is 21.2 Å². The number of benzene rings is 3. The second kappa shape index (κ2) is 8.93. The van der Waals surface area contributed by atoms with E-state index in [2.05, 4.69) is 37.0 Å². The van der Waals surface area contributed by atoms with Crippen LogP contribution in [0.5, 0.6) is 5.75 Å². The number of nitrogens with zero attached hydrogens (tertiary/aromatic N) is 1. The van der Waals surface area contributed by atoms with Crippen molar-refractivity contribution in [1.29, 1.82) is 0 Å². The molecule has 0 spiro atoms. The van der Waals surface area contributed by atoms with Crippen LogP contribution in [0.3, 0.4) is 0 Å². The van der Waals surface area contributed by atoms with Gasteiger partial charge in [0.1, 0.15) is 23.9 Å². The summed E-state index contributed by atoms with van der Waals surface area (Å²) in [5.74, 6) is -0.422. The van der Waals surface area contributed by atoms with E-state index in [0.717, 1.165) is 10.0 Å². The molecule has 0 amide bonds. The van der Waals surface area contributed by atoms with E-state index in [-0.39, 0.29) is 12.4 Å². The SMILES string of the molecule is O=C1ON=C(c2ccccc2)/C1=C/c1cc(Br)cc(Br)c1OCc1ccccc1F. The number of rotatable bonds is 5. The van der Waals surface area contributed by atoms with E-state index in [1.165, 1.54) is 6.07 Å². The zero-order chi connectivity index (χ0) is 21.1. The molecule has 0 aliphatic carbocycles. The summed E-state index contributed by atoms with van der Waals surface area (Å²) in [6.07, 6.45) is 1.66. The molecule has 1 heterocycles. The lowest BCUT2D eigenvalue weighted by Gasteiger charge is -2.13. The second-order valence-corrected chi connectivity index (χ2v) is 8.20. The van der Waals surface area contributed by atoms with Gasteiger partial charge in [-0.15, -0.1) is 0 Å². The number of hydrogen-bond donors (Lipinski definition) is 0. The van der Waals surface area contributed by atoms with Crippen molar-refractivity contribution in [2.45, 2.75) is 6.61 Å². The van der Waals surface area contributed by atoms with Crippen LogP contribution < -0.4 is 4.74 Å². The average Bonchev–Trinajstić information content (AvgIpc) is 3.09. The van der Waals surface area contributed by atoms with Gasteiger partial charge in [0.2, 0.25) is 0 Å². The van der Waals surface area contributed by atoms with Crippen molar-refractivity contribution in [2.75, 3.05) is 0 Å². The highest BCUT2D eigenvalue weighted by atomic mass is 79.9. The lowest BCUT2D eigenvalue weighted by atomic mass is 10.0. The number of oxime groups is 1. The smallest absolute Gasteiger partial charge is 0.368 e. The molecule has 1 aliphatic rings. The van der Waals surface area contributed by atoms with Crippen LogP contribution in [-0.4, -0.2) is 11.7 Å². The molecule has 0 unspecified atom stereocenters. The molecule has 0 atom stereocenters. The molecule has 3 aromatic rings. The Morgan fingerprint density at radius 3 is 2.53 bits per heavy atom. The molecular formula is C23H14Br2FNO3. The minimum absolute atomic E-state index is 0.0349. The molecule has 0 saturated heterocycles. The summed E-state index contributed by atoms with van der Waals surface area (Å²) < 4.78 is 21.4. The van der Waals surface area contributed by atoms with Crippen molar-refractivity contribution in [3.63, 3.8) is 0 Å². The Kier molecular flexibility index (Phi) is 6.11. The monoisotopic (exact) mass is 529 g/mol. The minimum Gasteiger partial charge on any atom is -0.487 e. The van der Waals surface area contributed by atoms with Crippen molar-refractivity contribution in [2.24, 2.45) is 5.16 Å². The molecule has 7 heteroatoms. The lowest BCUT2D eigenvalue weighted by Crippen LogP contribution is -2.07. The van der Waals surface area contributed by atoms with Crippen LogP contribution in [0.15, 0.2) is 86.4 Å². The van der Waals surface area contributed by atoms with Gasteiger partial charge in [-0.25, -0.2) is 9.18 Å². The fraction of sp³-hybridized carbons (Fsp3) is 0.0435. The molecule has 0 fully saturated rings. The first-order valence-corrected chi connectivity index (χ1v) is 10.5. The van der Waals surface area contributed by atoms with E-state index in [1.54, 1.807) is 24.3 Å². The summed E-state index contributed by atoms with van der Waals surface area (Å²) in [5, 5.41) is 3.93. The summed E-state index contributed by atoms with van der Waals surface area (Å²) >= 11 is 6.95. The maximum atomic E-state index is 14.0. The fourth-order valence-corrected chi connectivity index (χ4v) is 4.35. The van der Waals surface area contributed by atoms with Gasteiger partial charge in [0.25, 0.3) is 0 Å². The minimum atomic E-state index is -0.551. The van der Waals surface area contributed by atoms with Crippen LogP contribution in [0, 0.1) is 5.82 Å².